The van der Waals surface area contributed by atoms with Crippen LogP contribution in [0.4, 0.5) is 0 Å². The van der Waals surface area contributed by atoms with Gasteiger partial charge in [0.1, 0.15) is 5.52 Å². The Balaban J connectivity index is 2.64. The Morgan fingerprint density at radius 2 is 1.89 bits per heavy atom. The van der Waals surface area contributed by atoms with Crippen LogP contribution in [0.25, 0.3) is 21.9 Å². The van der Waals surface area contributed by atoms with Crippen LogP contribution in [0, 0.1) is 0 Å². The molecule has 3 rings (SSSR count). The van der Waals surface area contributed by atoms with Crippen LogP contribution in [0.2, 0.25) is 0 Å². The van der Waals surface area contributed by atoms with Crippen LogP contribution in [0.5, 0.6) is 0 Å². The van der Waals surface area contributed by atoms with Crippen molar-refractivity contribution in [2.75, 3.05) is 0 Å². The maximum atomic E-state index is 12.2. The molecule has 5 nitrogen and oxygen atoms in total. The molecule has 0 bridgehead atoms. The number of benzene rings is 1. The highest BCUT2D eigenvalue weighted by Crippen LogP contribution is 2.25. The van der Waals surface area contributed by atoms with Crippen molar-refractivity contribution in [3.05, 3.63) is 46.2 Å². The molecular weight excluding hydrogens is 242 g/mol. The van der Waals surface area contributed by atoms with Crippen molar-refractivity contribution in [1.82, 2.24) is 9.13 Å². The zero-order valence-electron chi connectivity index (χ0n) is 10.7. The van der Waals surface area contributed by atoms with E-state index in [0.717, 1.165) is 16.4 Å². The predicted molar refractivity (Wildman–Crippen MR) is 75.0 cm³/mol. The highest BCUT2D eigenvalue weighted by molar-refractivity contribution is 6.06. The van der Waals surface area contributed by atoms with Crippen molar-refractivity contribution < 1.29 is 5.21 Å². The summed E-state index contributed by atoms with van der Waals surface area (Å²) < 4.78 is 3.76. The van der Waals surface area contributed by atoms with E-state index < -0.39 is 0 Å². The van der Waals surface area contributed by atoms with E-state index in [4.69, 9.17) is 5.21 Å². The fourth-order valence-electron chi connectivity index (χ4n) is 2.61. The van der Waals surface area contributed by atoms with E-state index in [9.17, 15) is 4.79 Å². The van der Waals surface area contributed by atoms with Crippen LogP contribution in [0.15, 0.2) is 40.3 Å². The molecule has 0 spiro atoms. The first-order valence-corrected chi connectivity index (χ1v) is 5.89. The van der Waals surface area contributed by atoms with Crippen LogP contribution in [0.3, 0.4) is 0 Å². The van der Waals surface area contributed by atoms with Crippen LogP contribution < -0.4 is 5.43 Å². The molecule has 0 aliphatic heterocycles. The molecule has 96 valence electrons. The first-order valence-electron chi connectivity index (χ1n) is 5.89. The van der Waals surface area contributed by atoms with Crippen LogP contribution in [-0.2, 0) is 14.1 Å². The van der Waals surface area contributed by atoms with Crippen molar-refractivity contribution in [1.29, 1.82) is 0 Å². The molecule has 2 heterocycles. The monoisotopic (exact) mass is 255 g/mol. The largest absolute Gasteiger partial charge is 0.411 e. The molecule has 0 amide bonds. The molecule has 0 unspecified atom stereocenters. The molecule has 0 atom stereocenters. The van der Waals surface area contributed by atoms with E-state index in [1.54, 1.807) is 0 Å². The van der Waals surface area contributed by atoms with E-state index >= 15 is 0 Å². The average Bonchev–Trinajstić information content (AvgIpc) is 2.71. The minimum atomic E-state index is -0.0818. The fourth-order valence-corrected chi connectivity index (χ4v) is 2.61. The van der Waals surface area contributed by atoms with E-state index in [1.165, 1.54) is 12.3 Å². The van der Waals surface area contributed by atoms with Gasteiger partial charge in [-0.25, -0.2) is 0 Å². The molecule has 2 aromatic heterocycles. The van der Waals surface area contributed by atoms with Crippen molar-refractivity contribution in [3.8, 4) is 0 Å². The number of fused-ring (bicyclic) bond motifs is 3. The SMILES string of the molecule is Cn1c(/C=N/O)cc(=O)c2c1c1ccccc1n2C. The van der Waals surface area contributed by atoms with Crippen LogP contribution in [-0.4, -0.2) is 20.6 Å². The number of aromatic nitrogens is 2. The van der Waals surface area contributed by atoms with E-state index in [-0.39, 0.29) is 5.43 Å². The van der Waals surface area contributed by atoms with Gasteiger partial charge in [0.05, 0.1) is 22.9 Å². The second-order valence-corrected chi connectivity index (χ2v) is 4.51. The van der Waals surface area contributed by atoms with Gasteiger partial charge in [0.25, 0.3) is 0 Å². The minimum absolute atomic E-state index is 0.0818. The summed E-state index contributed by atoms with van der Waals surface area (Å²) in [6, 6.07) is 9.33. The Labute approximate surface area is 109 Å². The second-order valence-electron chi connectivity index (χ2n) is 4.51. The molecule has 1 aromatic carbocycles. The number of rotatable bonds is 1. The number of pyridine rings is 1. The zero-order chi connectivity index (χ0) is 13.6. The van der Waals surface area contributed by atoms with Crippen molar-refractivity contribution in [2.24, 2.45) is 19.3 Å². The molecular formula is C14H13N3O2. The molecule has 0 saturated carbocycles. The van der Waals surface area contributed by atoms with Gasteiger partial charge in [0, 0.05) is 25.5 Å². The van der Waals surface area contributed by atoms with Crippen molar-refractivity contribution >= 4 is 28.2 Å². The Morgan fingerprint density at radius 3 is 2.63 bits per heavy atom. The third-order valence-corrected chi connectivity index (χ3v) is 3.51. The Hall–Kier alpha value is -2.56. The fraction of sp³-hybridized carbons (Fsp3) is 0.143. The zero-order valence-corrected chi connectivity index (χ0v) is 10.7. The number of nitrogens with zero attached hydrogens (tertiary/aromatic N) is 3. The molecule has 19 heavy (non-hydrogen) atoms. The maximum Gasteiger partial charge on any atom is 0.206 e. The summed E-state index contributed by atoms with van der Waals surface area (Å²) >= 11 is 0. The maximum absolute atomic E-state index is 12.2. The highest BCUT2D eigenvalue weighted by Gasteiger charge is 2.14. The van der Waals surface area contributed by atoms with Gasteiger partial charge in [0.15, 0.2) is 0 Å². The Bertz CT molecular complexity index is 872. The number of hydrogen-bond donors (Lipinski definition) is 1. The number of hydrogen-bond acceptors (Lipinski definition) is 3. The minimum Gasteiger partial charge on any atom is -0.411 e. The molecule has 1 N–H and O–H groups in total. The van der Waals surface area contributed by atoms with Crippen LogP contribution in [0.1, 0.15) is 5.69 Å². The molecule has 0 saturated heterocycles. The van der Waals surface area contributed by atoms with E-state index in [1.807, 2.05) is 47.5 Å². The van der Waals surface area contributed by atoms with Crippen molar-refractivity contribution in [2.45, 2.75) is 0 Å². The van der Waals surface area contributed by atoms with Gasteiger partial charge in [-0.15, -0.1) is 0 Å². The lowest BCUT2D eigenvalue weighted by atomic mass is 10.2. The van der Waals surface area contributed by atoms with Crippen LogP contribution >= 0.6 is 0 Å². The van der Waals surface area contributed by atoms with E-state index in [2.05, 4.69) is 5.16 Å². The second kappa shape index (κ2) is 3.98. The predicted octanol–water partition coefficient (Wildman–Crippen LogP) is 1.84. The highest BCUT2D eigenvalue weighted by atomic mass is 16.4. The van der Waals surface area contributed by atoms with Gasteiger partial charge in [-0.1, -0.05) is 23.4 Å². The standard InChI is InChI=1S/C14H13N3O2/c1-16-9(8-15-19)7-12(18)14-13(16)10-5-3-4-6-11(10)17(14)2/h3-8,19H,1-2H3/b15-8+. The van der Waals surface area contributed by atoms with Gasteiger partial charge < -0.3 is 14.3 Å². The number of para-hydroxylation sites is 1. The van der Waals surface area contributed by atoms with Gasteiger partial charge in [0.2, 0.25) is 5.43 Å². The third kappa shape index (κ3) is 1.48. The Morgan fingerprint density at radius 1 is 1.16 bits per heavy atom. The summed E-state index contributed by atoms with van der Waals surface area (Å²) in [6.45, 7) is 0. The summed E-state index contributed by atoms with van der Waals surface area (Å²) in [5, 5.41) is 12.7. The molecule has 0 aliphatic carbocycles. The summed E-state index contributed by atoms with van der Waals surface area (Å²) in [5.41, 5.74) is 2.99. The summed E-state index contributed by atoms with van der Waals surface area (Å²) in [6.07, 6.45) is 1.27. The third-order valence-electron chi connectivity index (χ3n) is 3.51. The smallest absolute Gasteiger partial charge is 0.206 e. The normalized spacial score (nSPS) is 11.9. The molecule has 0 fully saturated rings. The lowest BCUT2D eigenvalue weighted by molar-refractivity contribution is 0.321. The van der Waals surface area contributed by atoms with Gasteiger partial charge in [-0.3, -0.25) is 4.79 Å². The van der Waals surface area contributed by atoms with Gasteiger partial charge in [-0.05, 0) is 6.07 Å². The first-order chi connectivity index (χ1) is 9.15. The topological polar surface area (TPSA) is 59.5 Å². The summed E-state index contributed by atoms with van der Waals surface area (Å²) in [4.78, 5) is 12.2. The first kappa shape index (κ1) is 11.5. The summed E-state index contributed by atoms with van der Waals surface area (Å²) in [5.74, 6) is 0. The molecule has 3 aromatic rings. The summed E-state index contributed by atoms with van der Waals surface area (Å²) in [7, 11) is 3.73. The lowest BCUT2D eigenvalue weighted by Crippen LogP contribution is -2.12. The Kier molecular flexibility index (Phi) is 2.41. The van der Waals surface area contributed by atoms with Gasteiger partial charge in [-0.2, -0.15) is 0 Å². The van der Waals surface area contributed by atoms with Gasteiger partial charge >= 0.3 is 0 Å². The molecule has 0 radical (unpaired) electrons. The number of aryl methyl sites for hydroxylation is 2. The molecule has 0 aliphatic rings. The number of oxime groups is 1. The average molecular weight is 255 g/mol. The quantitative estimate of drug-likeness (QED) is 0.410. The molecule has 5 heteroatoms. The van der Waals surface area contributed by atoms with E-state index in [0.29, 0.717) is 11.2 Å². The van der Waals surface area contributed by atoms with Crippen molar-refractivity contribution in [3.63, 3.8) is 0 Å². The lowest BCUT2D eigenvalue weighted by Gasteiger charge is -2.06.